The first kappa shape index (κ1) is 109. The number of fused-ring (bicyclic) bond motifs is 6. The van der Waals surface area contributed by atoms with E-state index < -0.39 is 62.4 Å². The van der Waals surface area contributed by atoms with Gasteiger partial charge in [0.05, 0.1) is 81.7 Å². The van der Waals surface area contributed by atoms with Gasteiger partial charge in [0.1, 0.15) is 47.2 Å². The van der Waals surface area contributed by atoms with Crippen LogP contribution in [-0.4, -0.2) is 239 Å². The standard InChI is InChI=1S/C14H19ClN4O2.C13H16N4O2.C13H20N4O.C10H12N4O5S.C9H10N4O5S.4CH4.2Na.5W/c1-4-9-21-19(14(15)20)11-5-6-12(18(3)10-11)13-16-7-8-17(13)2;1-3-8-19-17-10-4-5-11(16(9-10)13(17)18)12-14-6-7-15(12)2;1-4-9-18-15-11-5-6-12(17(3)10-11)13-14-7-8-16(13)2;1-12-5-4-11-9(12)8-3-2-7-6-13(8)10(15)14(7)19-20(16,17)18;14-9-12-5-6(13(9)18-19(15,16)17)1-2-7(12)8-10-3-4-11-8;;;;;;;;;;;/h4-8,11-12H,1,9-10H2,2-3H3;3-7,10-11H,1,8-9H2,2H3;4-8,11-12,15H,1,9-10H2,2-3H3;2-5,7-8H,6H2,1H3,(H,16,17,18);1-4,6-7H,5H2,(H,10,11)(H,15,16,17);4*1H4;;;;;;;/q;;;;;;;;;2*+1;;;;;/p-2/t;10?,11-;;7?,8-;6?,7-;;;;;;;;;;;/m.0.00.........../s1. The molecule has 8 aliphatic heterocycles. The van der Waals surface area contributed by atoms with E-state index in [-0.39, 0.29) is 256 Å². The molecule has 6 bridgehead atoms. The molecule has 0 spiro atoms. The number of urea groups is 3. The molecule has 2 N–H and O–H groups in total. The van der Waals surface area contributed by atoms with Crippen molar-refractivity contribution < 1.29 is 233 Å². The molecule has 0 aliphatic carbocycles. The fraction of sp³-hybridized carbons (Fsp3) is 0.444. The van der Waals surface area contributed by atoms with Crippen LogP contribution in [0.2, 0.25) is 0 Å². The molecule has 0 saturated carbocycles. The molecular weight excluding hydrogens is 2340 g/mol. The number of nitrogens with zero attached hydrogens (tertiary/aromatic N) is 18. The molecule has 7 unspecified atom stereocenters. The zero-order chi connectivity index (χ0) is 69.9. The maximum atomic E-state index is 12.3. The van der Waals surface area contributed by atoms with Crippen molar-refractivity contribution in [3.8, 4) is 0 Å². The second-order valence-electron chi connectivity index (χ2n) is 22.7. The first-order valence-corrected chi connectivity index (χ1v) is 33.1. The molecule has 35 nitrogen and oxygen atoms in total. The topological polar surface area (TPSA) is 370 Å². The van der Waals surface area contributed by atoms with E-state index in [1.807, 2.05) is 91.0 Å². The molecule has 0 radical (unpaired) electrons. The zero-order valence-corrected chi connectivity index (χ0v) is 78.8. The Morgan fingerprint density at radius 2 is 0.898 bits per heavy atom. The number of H-pyrrole nitrogens is 1. The average molecular weight is 2430 g/mol. The molecule has 7 amide bonds. The Kier molecular flexibility index (Phi) is 50.3. The van der Waals surface area contributed by atoms with Crippen molar-refractivity contribution in [1.82, 2.24) is 98.4 Å². The Balaban J connectivity index is -0.00000125. The Morgan fingerprint density at radius 1 is 0.528 bits per heavy atom. The number of imidazole rings is 5. The molecule has 584 valence electrons. The van der Waals surface area contributed by atoms with Crippen LogP contribution in [-0.2, 0) is 177 Å². The van der Waals surface area contributed by atoms with Crippen LogP contribution in [0.5, 0.6) is 0 Å². The van der Waals surface area contributed by atoms with Crippen molar-refractivity contribution in [1.29, 1.82) is 0 Å². The molecule has 0 aromatic carbocycles. The van der Waals surface area contributed by atoms with E-state index >= 15 is 0 Å². The van der Waals surface area contributed by atoms with Gasteiger partial charge in [-0.2, -0.15) is 34.3 Å². The summed E-state index contributed by atoms with van der Waals surface area (Å²) in [5.41, 5.74) is 3.01. The van der Waals surface area contributed by atoms with Crippen LogP contribution in [0, 0.1) is 0 Å². The third kappa shape index (κ3) is 27.6. The maximum Gasteiger partial charge on any atom is 1.00 e. The van der Waals surface area contributed by atoms with Crippen LogP contribution in [0.15, 0.2) is 161 Å². The first-order valence-electron chi connectivity index (χ1n) is 30.1. The predicted molar refractivity (Wildman–Crippen MR) is 370 cm³/mol. The molecule has 13 heterocycles. The number of nitrogens with one attached hydrogen (secondary N) is 2. The van der Waals surface area contributed by atoms with Gasteiger partial charge in [-0.3, -0.25) is 29.1 Å². The smallest absolute Gasteiger partial charge is 0.724 e. The number of carbonyl (C=O) groups excluding carboxylic acids is 4. The first-order chi connectivity index (χ1) is 46.3. The predicted octanol–water partition coefficient (Wildman–Crippen LogP) is -0.00930. The fourth-order valence-electron chi connectivity index (χ4n) is 11.6. The second-order valence-corrected chi connectivity index (χ2v) is 24.9. The van der Waals surface area contributed by atoms with Crippen LogP contribution in [0.25, 0.3) is 0 Å². The second kappa shape index (κ2) is 50.0. The SMILES string of the molecule is C.C.C.C.C=CCON(C(=O)Cl)C1C=CC(c2nccn2C)N(C)C1.C=CCON1C(=O)N2CC1C=C[C@H]2c1nccn1C.C=CCONC1C=CC(c2nccn2C)N(C)C1.Cn1ccnc1[C@@H]1C=CC2CN1C(=O)N2OS(=O)(=O)[O-].O=C1N(OS(=O)(=O)[O-])C2C=C[C@@H](c3ncc[nH]3)N1C2.[Na+].[Na+].[W].[W].[W].[W].[W]. The van der Waals surface area contributed by atoms with Crippen molar-refractivity contribution in [2.75, 3.05) is 66.6 Å². The van der Waals surface area contributed by atoms with Crippen molar-refractivity contribution >= 4 is 55.9 Å². The van der Waals surface area contributed by atoms with E-state index in [9.17, 15) is 45.1 Å². The Bertz CT molecular complexity index is 4030. The number of amides is 7. The average Bonchev–Trinajstić information content (AvgIpc) is 1.61. The van der Waals surface area contributed by atoms with Gasteiger partial charge in [-0.15, -0.1) is 19.7 Å². The summed E-state index contributed by atoms with van der Waals surface area (Å²) in [6.45, 7) is 14.4. The number of hydroxylamine groups is 9. The van der Waals surface area contributed by atoms with E-state index in [1.165, 1.54) is 19.9 Å². The van der Waals surface area contributed by atoms with Gasteiger partial charge in [-0.05, 0) is 25.7 Å². The monoisotopic (exact) mass is 2430 g/mol. The summed E-state index contributed by atoms with van der Waals surface area (Å²) in [5.74, 6) is 4.05. The zero-order valence-electron chi connectivity index (χ0n) is 57.7. The number of likely N-dealkylation sites (N-methyl/N-ethyl adjacent to an activating group) is 2. The van der Waals surface area contributed by atoms with Crippen molar-refractivity contribution in [3.05, 3.63) is 190 Å². The number of hydrogen-bond donors (Lipinski definition) is 2. The summed E-state index contributed by atoms with van der Waals surface area (Å²) in [6.07, 6.45) is 41.4. The van der Waals surface area contributed by atoms with Gasteiger partial charge in [-0.1, -0.05) is 109 Å². The molecular formula is C63H91ClN20Na2O15S2W5. The number of aromatic nitrogens is 10. The van der Waals surface area contributed by atoms with Gasteiger partial charge in [0, 0.05) is 209 Å². The van der Waals surface area contributed by atoms with E-state index in [0.717, 1.165) is 24.0 Å². The van der Waals surface area contributed by atoms with Gasteiger partial charge >= 0.3 is 82.6 Å². The van der Waals surface area contributed by atoms with E-state index in [2.05, 4.69) is 92.7 Å². The Morgan fingerprint density at radius 3 is 1.26 bits per heavy atom. The quantitative estimate of drug-likeness (QED) is 0.0151. The molecule has 8 aliphatic rings. The molecule has 3 saturated heterocycles. The molecule has 10 atom stereocenters. The van der Waals surface area contributed by atoms with Crippen LogP contribution in [0.1, 0.15) is 89.0 Å². The summed E-state index contributed by atoms with van der Waals surface area (Å²) in [6, 6.07) is -3.41. The number of hydrogen-bond acceptors (Lipinski definition) is 23. The van der Waals surface area contributed by atoms with Crippen LogP contribution in [0.3, 0.4) is 0 Å². The minimum Gasteiger partial charge on any atom is -0.724 e. The van der Waals surface area contributed by atoms with Gasteiger partial charge in [0.2, 0.25) is 20.8 Å². The van der Waals surface area contributed by atoms with Crippen LogP contribution < -0.4 is 64.6 Å². The van der Waals surface area contributed by atoms with E-state index in [1.54, 1.807) is 96.2 Å². The molecule has 108 heavy (non-hydrogen) atoms. The van der Waals surface area contributed by atoms with Crippen LogP contribution >= 0.6 is 11.6 Å². The summed E-state index contributed by atoms with van der Waals surface area (Å²) in [7, 11) is 1.78. The van der Waals surface area contributed by atoms with Gasteiger partial charge in [0.15, 0.2) is 0 Å². The minimum atomic E-state index is -4.98. The number of aryl methyl sites for hydroxylation is 4. The normalized spacial score (nSPS) is 22.2. The number of rotatable bonds is 20. The number of aromatic amines is 1. The van der Waals surface area contributed by atoms with Crippen molar-refractivity contribution in [2.45, 2.75) is 90.1 Å². The molecule has 5 aromatic rings. The van der Waals surface area contributed by atoms with Gasteiger partial charge in [0.25, 0.3) is 0 Å². The summed E-state index contributed by atoms with van der Waals surface area (Å²) < 4.78 is 79.8. The van der Waals surface area contributed by atoms with Crippen molar-refractivity contribution in [3.63, 3.8) is 0 Å². The maximum absolute atomic E-state index is 12.3. The summed E-state index contributed by atoms with van der Waals surface area (Å²) >= 11 is 5.58. The van der Waals surface area contributed by atoms with Gasteiger partial charge < -0.3 is 47.1 Å². The third-order valence-electron chi connectivity index (χ3n) is 16.1. The Labute approximate surface area is 753 Å². The Hall–Kier alpha value is -3.52. The van der Waals surface area contributed by atoms with Crippen LogP contribution in [0.4, 0.5) is 19.2 Å². The summed E-state index contributed by atoms with van der Waals surface area (Å²) in [5, 5.41) is 3.10. The van der Waals surface area contributed by atoms with E-state index in [0.29, 0.717) is 48.1 Å². The molecule has 13 rings (SSSR count). The number of halogens is 1. The van der Waals surface area contributed by atoms with Crippen molar-refractivity contribution in [2.24, 2.45) is 28.2 Å². The molecule has 45 heteroatoms. The van der Waals surface area contributed by atoms with E-state index in [4.69, 9.17) is 26.1 Å². The largest absolute Gasteiger partial charge is 1.00 e. The third-order valence-corrected chi connectivity index (χ3v) is 16.9. The van der Waals surface area contributed by atoms with Gasteiger partial charge in [-0.25, -0.2) is 56.1 Å². The number of carbonyl (C=O) groups is 4. The summed E-state index contributed by atoms with van der Waals surface area (Å²) in [4.78, 5) is 97.0. The molecule has 3 fully saturated rings. The molecule has 5 aromatic heterocycles. The minimum absolute atomic E-state index is 0. The fourth-order valence-corrected chi connectivity index (χ4v) is 12.5.